The third-order valence-electron chi connectivity index (χ3n) is 4.43. The first-order valence-corrected chi connectivity index (χ1v) is 7.24. The van der Waals surface area contributed by atoms with Crippen LogP contribution >= 0.6 is 0 Å². The van der Waals surface area contributed by atoms with E-state index in [4.69, 9.17) is 5.11 Å². The molecule has 2 unspecified atom stereocenters. The van der Waals surface area contributed by atoms with Crippen LogP contribution in [0.5, 0.6) is 0 Å². The van der Waals surface area contributed by atoms with Crippen molar-refractivity contribution in [3.05, 3.63) is 0 Å². The molecule has 98 valence electrons. The van der Waals surface area contributed by atoms with Crippen LogP contribution in [0.1, 0.15) is 64.2 Å². The predicted octanol–water partition coefficient (Wildman–Crippen LogP) is 2.94. The summed E-state index contributed by atoms with van der Waals surface area (Å²) in [6, 6.07) is 0.159. The average Bonchev–Trinajstić information content (AvgIpc) is 2.38. The van der Waals surface area contributed by atoms with E-state index in [1.54, 1.807) is 0 Å². The standard InChI is InChI=1S/C14H25NO2/c16-14(17)13-8-4-7-12(15-13)10-9-11-5-2-1-3-6-11/h11-13,15H,1-10H2,(H,16,17). The Labute approximate surface area is 104 Å². The van der Waals surface area contributed by atoms with E-state index >= 15 is 0 Å². The van der Waals surface area contributed by atoms with Gasteiger partial charge in [-0.25, -0.2) is 0 Å². The molecule has 1 saturated carbocycles. The molecule has 0 spiro atoms. The van der Waals surface area contributed by atoms with Crippen LogP contribution in [0.3, 0.4) is 0 Å². The molecule has 3 heteroatoms. The van der Waals surface area contributed by atoms with Crippen molar-refractivity contribution in [1.29, 1.82) is 0 Å². The van der Waals surface area contributed by atoms with Crippen LogP contribution in [0.15, 0.2) is 0 Å². The van der Waals surface area contributed by atoms with Gasteiger partial charge in [0.25, 0.3) is 0 Å². The van der Waals surface area contributed by atoms with Gasteiger partial charge in [0.15, 0.2) is 0 Å². The van der Waals surface area contributed by atoms with Crippen molar-refractivity contribution in [3.63, 3.8) is 0 Å². The molecule has 17 heavy (non-hydrogen) atoms. The zero-order chi connectivity index (χ0) is 12.1. The molecule has 2 atom stereocenters. The molecule has 1 aliphatic heterocycles. The minimum atomic E-state index is -0.674. The summed E-state index contributed by atoms with van der Waals surface area (Å²) in [6.45, 7) is 0. The molecule has 0 aromatic heterocycles. The number of aliphatic carboxylic acids is 1. The smallest absolute Gasteiger partial charge is 0.320 e. The summed E-state index contributed by atoms with van der Waals surface area (Å²) in [5.41, 5.74) is 0. The molecule has 2 fully saturated rings. The van der Waals surface area contributed by atoms with Crippen molar-refractivity contribution in [2.75, 3.05) is 0 Å². The Bertz CT molecular complexity index is 249. The molecule has 1 heterocycles. The molecular weight excluding hydrogens is 214 g/mol. The van der Waals surface area contributed by atoms with Crippen LogP contribution in [0.4, 0.5) is 0 Å². The lowest BCUT2D eigenvalue weighted by Gasteiger charge is -2.30. The fourth-order valence-corrected chi connectivity index (χ4v) is 3.35. The number of nitrogens with one attached hydrogen (secondary N) is 1. The van der Waals surface area contributed by atoms with Crippen LogP contribution in [0.2, 0.25) is 0 Å². The lowest BCUT2D eigenvalue weighted by molar-refractivity contribution is -0.140. The van der Waals surface area contributed by atoms with Gasteiger partial charge < -0.3 is 10.4 Å². The number of piperidine rings is 1. The molecule has 2 rings (SSSR count). The fraction of sp³-hybridized carbons (Fsp3) is 0.929. The van der Waals surface area contributed by atoms with Crippen LogP contribution < -0.4 is 5.32 Å². The minimum absolute atomic E-state index is 0.292. The van der Waals surface area contributed by atoms with Gasteiger partial charge in [-0.3, -0.25) is 4.79 Å². The highest BCUT2D eigenvalue weighted by atomic mass is 16.4. The summed E-state index contributed by atoms with van der Waals surface area (Å²) in [5.74, 6) is 0.239. The van der Waals surface area contributed by atoms with E-state index in [2.05, 4.69) is 5.32 Å². The molecule has 0 bridgehead atoms. The van der Waals surface area contributed by atoms with Gasteiger partial charge in [0, 0.05) is 6.04 Å². The lowest BCUT2D eigenvalue weighted by Crippen LogP contribution is -2.46. The first-order valence-electron chi connectivity index (χ1n) is 7.24. The maximum atomic E-state index is 10.9. The fourth-order valence-electron chi connectivity index (χ4n) is 3.35. The highest BCUT2D eigenvalue weighted by Crippen LogP contribution is 2.29. The number of carboxylic acid groups (broad SMARTS) is 1. The van der Waals surface area contributed by atoms with E-state index in [1.165, 1.54) is 44.9 Å². The van der Waals surface area contributed by atoms with E-state index < -0.39 is 5.97 Å². The topological polar surface area (TPSA) is 49.3 Å². The molecule has 0 amide bonds. The van der Waals surface area contributed by atoms with Crippen LogP contribution in [-0.4, -0.2) is 23.2 Å². The average molecular weight is 239 g/mol. The second-order valence-corrected chi connectivity index (χ2v) is 5.77. The number of carbonyl (C=O) groups is 1. The Morgan fingerprint density at radius 3 is 2.47 bits per heavy atom. The van der Waals surface area contributed by atoms with Gasteiger partial charge in [0.2, 0.25) is 0 Å². The van der Waals surface area contributed by atoms with Gasteiger partial charge >= 0.3 is 5.97 Å². The summed E-state index contributed by atoms with van der Waals surface area (Å²) in [5, 5.41) is 12.3. The zero-order valence-corrected chi connectivity index (χ0v) is 10.7. The van der Waals surface area contributed by atoms with Crippen LogP contribution in [0.25, 0.3) is 0 Å². The van der Waals surface area contributed by atoms with E-state index in [0.717, 1.165) is 25.2 Å². The van der Waals surface area contributed by atoms with Crippen molar-refractivity contribution in [1.82, 2.24) is 5.32 Å². The maximum absolute atomic E-state index is 10.9. The molecular formula is C14H25NO2. The number of carboxylic acids is 1. The maximum Gasteiger partial charge on any atom is 0.320 e. The molecule has 2 N–H and O–H groups in total. The molecule has 2 aliphatic rings. The molecule has 3 nitrogen and oxygen atoms in total. The van der Waals surface area contributed by atoms with Crippen LogP contribution in [0, 0.1) is 5.92 Å². The molecule has 1 aliphatic carbocycles. The van der Waals surface area contributed by atoms with Crippen molar-refractivity contribution in [2.45, 2.75) is 76.3 Å². The number of rotatable bonds is 4. The van der Waals surface area contributed by atoms with Gasteiger partial charge in [0.05, 0.1) is 0 Å². The Balaban J connectivity index is 1.69. The first-order chi connectivity index (χ1) is 8.25. The summed E-state index contributed by atoms with van der Waals surface area (Å²) < 4.78 is 0. The van der Waals surface area contributed by atoms with E-state index in [-0.39, 0.29) is 6.04 Å². The summed E-state index contributed by atoms with van der Waals surface area (Å²) in [6.07, 6.45) is 12.5. The third-order valence-corrected chi connectivity index (χ3v) is 4.43. The van der Waals surface area contributed by atoms with Gasteiger partial charge in [-0.2, -0.15) is 0 Å². The second-order valence-electron chi connectivity index (χ2n) is 5.77. The first kappa shape index (κ1) is 12.9. The van der Waals surface area contributed by atoms with E-state index in [9.17, 15) is 4.79 Å². The predicted molar refractivity (Wildman–Crippen MR) is 68.0 cm³/mol. The normalized spacial score (nSPS) is 31.3. The number of hydrogen-bond donors (Lipinski definition) is 2. The Hall–Kier alpha value is -0.570. The van der Waals surface area contributed by atoms with E-state index in [1.807, 2.05) is 0 Å². The summed E-state index contributed by atoms with van der Waals surface area (Å²) >= 11 is 0. The summed E-state index contributed by atoms with van der Waals surface area (Å²) in [7, 11) is 0. The summed E-state index contributed by atoms with van der Waals surface area (Å²) in [4.78, 5) is 10.9. The Kier molecular flexibility index (Phi) is 4.84. The van der Waals surface area contributed by atoms with E-state index in [0.29, 0.717) is 6.04 Å². The Morgan fingerprint density at radius 2 is 1.76 bits per heavy atom. The van der Waals surface area contributed by atoms with Crippen molar-refractivity contribution in [3.8, 4) is 0 Å². The second kappa shape index (κ2) is 6.39. The van der Waals surface area contributed by atoms with Crippen molar-refractivity contribution >= 4 is 5.97 Å². The van der Waals surface area contributed by atoms with Crippen molar-refractivity contribution in [2.24, 2.45) is 5.92 Å². The van der Waals surface area contributed by atoms with Gasteiger partial charge in [-0.1, -0.05) is 32.1 Å². The third kappa shape index (κ3) is 3.98. The Morgan fingerprint density at radius 1 is 1.00 bits per heavy atom. The van der Waals surface area contributed by atoms with Gasteiger partial charge in [-0.15, -0.1) is 0 Å². The quantitative estimate of drug-likeness (QED) is 0.793. The monoisotopic (exact) mass is 239 g/mol. The van der Waals surface area contributed by atoms with Gasteiger partial charge in [-0.05, 0) is 38.0 Å². The van der Waals surface area contributed by atoms with Crippen molar-refractivity contribution < 1.29 is 9.90 Å². The molecule has 0 aromatic carbocycles. The SMILES string of the molecule is O=C(O)C1CCCC(CCC2CCCCC2)N1. The molecule has 0 aromatic rings. The molecule has 0 radical (unpaired) electrons. The van der Waals surface area contributed by atoms with Crippen LogP contribution in [-0.2, 0) is 4.79 Å². The number of hydrogen-bond acceptors (Lipinski definition) is 2. The lowest BCUT2D eigenvalue weighted by atomic mass is 9.84. The highest BCUT2D eigenvalue weighted by Gasteiger charge is 2.26. The minimum Gasteiger partial charge on any atom is -0.480 e. The highest BCUT2D eigenvalue weighted by molar-refractivity contribution is 5.73. The zero-order valence-electron chi connectivity index (χ0n) is 10.7. The van der Waals surface area contributed by atoms with Gasteiger partial charge in [0.1, 0.15) is 6.04 Å². The molecule has 1 saturated heterocycles. The largest absolute Gasteiger partial charge is 0.480 e.